The second kappa shape index (κ2) is 5.96. The third-order valence-electron chi connectivity index (χ3n) is 2.74. The molecular weight excluding hydrogens is 224 g/mol. The average Bonchev–Trinajstić information content (AvgIpc) is 2.26. The molecule has 0 spiro atoms. The van der Waals surface area contributed by atoms with Crippen LogP contribution in [0.4, 0.5) is 8.78 Å². The number of ether oxygens (including phenoxy) is 1. The number of benzene rings is 1. The number of hydrogen-bond acceptors (Lipinski definition) is 2. The monoisotopic (exact) mass is 243 g/mol. The van der Waals surface area contributed by atoms with Gasteiger partial charge in [0, 0.05) is 11.6 Å². The van der Waals surface area contributed by atoms with E-state index < -0.39 is 17.7 Å². The van der Waals surface area contributed by atoms with E-state index in [1.807, 2.05) is 13.8 Å². The van der Waals surface area contributed by atoms with E-state index in [1.54, 1.807) is 0 Å². The molecule has 1 atom stereocenters. The quantitative estimate of drug-likeness (QED) is 0.860. The molecule has 0 bridgehead atoms. The highest BCUT2D eigenvalue weighted by Crippen LogP contribution is 2.29. The van der Waals surface area contributed by atoms with Crippen molar-refractivity contribution in [3.63, 3.8) is 0 Å². The Morgan fingerprint density at radius 3 is 2.41 bits per heavy atom. The van der Waals surface area contributed by atoms with Gasteiger partial charge in [0.2, 0.25) is 0 Å². The van der Waals surface area contributed by atoms with Crippen molar-refractivity contribution in [3.8, 4) is 5.75 Å². The largest absolute Gasteiger partial charge is 0.494 e. The first-order chi connectivity index (χ1) is 7.97. The predicted molar refractivity (Wildman–Crippen MR) is 63.9 cm³/mol. The van der Waals surface area contributed by atoms with Crippen molar-refractivity contribution in [2.75, 3.05) is 7.11 Å². The van der Waals surface area contributed by atoms with Gasteiger partial charge in [0.1, 0.15) is 5.82 Å². The molecule has 2 N–H and O–H groups in total. The Hall–Kier alpha value is -1.16. The van der Waals surface area contributed by atoms with Gasteiger partial charge in [-0.25, -0.2) is 8.78 Å². The molecule has 17 heavy (non-hydrogen) atoms. The van der Waals surface area contributed by atoms with Gasteiger partial charge in [0.25, 0.3) is 0 Å². The molecule has 0 aliphatic heterocycles. The van der Waals surface area contributed by atoms with E-state index in [-0.39, 0.29) is 11.3 Å². The maximum Gasteiger partial charge on any atom is 0.172 e. The topological polar surface area (TPSA) is 35.2 Å². The first-order valence-corrected chi connectivity index (χ1v) is 5.74. The van der Waals surface area contributed by atoms with Crippen LogP contribution in [0.3, 0.4) is 0 Å². The number of halogens is 2. The average molecular weight is 243 g/mol. The van der Waals surface area contributed by atoms with Crippen molar-refractivity contribution in [1.82, 2.24) is 0 Å². The van der Waals surface area contributed by atoms with Crippen LogP contribution in [0.2, 0.25) is 0 Å². The molecule has 0 aliphatic carbocycles. The molecule has 0 saturated carbocycles. The third-order valence-corrected chi connectivity index (χ3v) is 2.74. The van der Waals surface area contributed by atoms with Gasteiger partial charge in [-0.3, -0.25) is 0 Å². The molecule has 0 fully saturated rings. The highest BCUT2D eigenvalue weighted by atomic mass is 19.1. The molecule has 4 heteroatoms. The molecule has 0 heterocycles. The van der Waals surface area contributed by atoms with Gasteiger partial charge in [0.05, 0.1) is 7.11 Å². The predicted octanol–water partition coefficient (Wildman–Crippen LogP) is 3.41. The molecule has 0 aromatic heterocycles. The Morgan fingerprint density at radius 1 is 1.24 bits per heavy atom. The SMILES string of the molecule is COc1ccc(F)c([C@@H](N)CCC(C)C)c1F. The lowest BCUT2D eigenvalue weighted by Crippen LogP contribution is -2.15. The van der Waals surface area contributed by atoms with Crippen LogP contribution < -0.4 is 10.5 Å². The molecule has 0 radical (unpaired) electrons. The lowest BCUT2D eigenvalue weighted by Gasteiger charge is -2.16. The molecule has 96 valence electrons. The molecule has 2 nitrogen and oxygen atoms in total. The maximum atomic E-state index is 13.9. The summed E-state index contributed by atoms with van der Waals surface area (Å²) in [6, 6.07) is 1.82. The van der Waals surface area contributed by atoms with E-state index in [1.165, 1.54) is 19.2 Å². The maximum absolute atomic E-state index is 13.9. The van der Waals surface area contributed by atoms with Crippen LogP contribution >= 0.6 is 0 Å². The summed E-state index contributed by atoms with van der Waals surface area (Å²) in [6.07, 6.45) is 1.38. The third kappa shape index (κ3) is 3.40. The smallest absolute Gasteiger partial charge is 0.172 e. The van der Waals surface area contributed by atoms with E-state index in [9.17, 15) is 8.78 Å². The zero-order valence-electron chi connectivity index (χ0n) is 10.5. The Bertz CT molecular complexity index is 380. The molecule has 0 aliphatic rings. The standard InChI is InChI=1S/C13H19F2NO/c1-8(2)4-6-10(16)12-9(14)5-7-11(17-3)13(12)15/h5,7-8,10H,4,6,16H2,1-3H3/t10-/m0/s1. The van der Waals surface area contributed by atoms with E-state index in [0.717, 1.165) is 6.42 Å². The summed E-state index contributed by atoms with van der Waals surface area (Å²) in [5.74, 6) is -0.817. The zero-order valence-corrected chi connectivity index (χ0v) is 10.5. The normalized spacial score (nSPS) is 12.9. The van der Waals surface area contributed by atoms with Crippen molar-refractivity contribution < 1.29 is 13.5 Å². The Labute approximate surface area is 101 Å². The second-order valence-electron chi connectivity index (χ2n) is 4.55. The zero-order chi connectivity index (χ0) is 13.0. The Morgan fingerprint density at radius 2 is 1.88 bits per heavy atom. The summed E-state index contributed by atoms with van der Waals surface area (Å²) in [7, 11) is 1.35. The van der Waals surface area contributed by atoms with Gasteiger partial charge in [-0.05, 0) is 30.9 Å². The summed E-state index contributed by atoms with van der Waals surface area (Å²) in [5.41, 5.74) is 5.75. The minimum Gasteiger partial charge on any atom is -0.494 e. The fourth-order valence-electron chi connectivity index (χ4n) is 1.70. The number of rotatable bonds is 5. The molecule has 1 rings (SSSR count). The van der Waals surface area contributed by atoms with Crippen LogP contribution in [0.15, 0.2) is 12.1 Å². The summed E-state index contributed by atoms with van der Waals surface area (Å²) in [5, 5.41) is 0. The van der Waals surface area contributed by atoms with E-state index in [4.69, 9.17) is 10.5 Å². The van der Waals surface area contributed by atoms with E-state index in [0.29, 0.717) is 12.3 Å². The van der Waals surface area contributed by atoms with Crippen LogP contribution in [-0.2, 0) is 0 Å². The minimum absolute atomic E-state index is 0.0291. The molecule has 1 aromatic rings. The van der Waals surface area contributed by atoms with Gasteiger partial charge < -0.3 is 10.5 Å². The van der Waals surface area contributed by atoms with Crippen molar-refractivity contribution in [2.24, 2.45) is 11.7 Å². The lowest BCUT2D eigenvalue weighted by molar-refractivity contribution is 0.375. The van der Waals surface area contributed by atoms with Crippen molar-refractivity contribution in [3.05, 3.63) is 29.3 Å². The van der Waals surface area contributed by atoms with E-state index in [2.05, 4.69) is 0 Å². The molecule has 0 unspecified atom stereocenters. The highest BCUT2D eigenvalue weighted by molar-refractivity contribution is 5.34. The van der Waals surface area contributed by atoms with Gasteiger partial charge in [-0.1, -0.05) is 13.8 Å². The second-order valence-corrected chi connectivity index (χ2v) is 4.55. The van der Waals surface area contributed by atoms with Gasteiger partial charge >= 0.3 is 0 Å². The summed E-state index contributed by atoms with van der Waals surface area (Å²) >= 11 is 0. The number of nitrogens with two attached hydrogens (primary N) is 1. The summed E-state index contributed by atoms with van der Waals surface area (Å²) in [4.78, 5) is 0. The fourth-order valence-corrected chi connectivity index (χ4v) is 1.70. The molecule has 0 amide bonds. The van der Waals surface area contributed by atoms with Gasteiger partial charge in [-0.2, -0.15) is 0 Å². The fraction of sp³-hybridized carbons (Fsp3) is 0.538. The summed E-state index contributed by atoms with van der Waals surface area (Å²) < 4.78 is 32.2. The summed E-state index contributed by atoms with van der Waals surface area (Å²) in [6.45, 7) is 4.09. The number of methoxy groups -OCH3 is 1. The molecular formula is C13H19F2NO. The van der Waals surface area contributed by atoms with Crippen LogP contribution in [0, 0.1) is 17.6 Å². The lowest BCUT2D eigenvalue weighted by atomic mass is 9.97. The van der Waals surface area contributed by atoms with Crippen LogP contribution in [-0.4, -0.2) is 7.11 Å². The first kappa shape index (κ1) is 13.9. The van der Waals surface area contributed by atoms with Gasteiger partial charge in [-0.15, -0.1) is 0 Å². The van der Waals surface area contributed by atoms with Crippen LogP contribution in [0.1, 0.15) is 38.3 Å². The highest BCUT2D eigenvalue weighted by Gasteiger charge is 2.20. The van der Waals surface area contributed by atoms with Gasteiger partial charge in [0.15, 0.2) is 11.6 Å². The van der Waals surface area contributed by atoms with Crippen molar-refractivity contribution >= 4 is 0 Å². The Kier molecular flexibility index (Phi) is 4.87. The van der Waals surface area contributed by atoms with Crippen LogP contribution in [0.25, 0.3) is 0 Å². The van der Waals surface area contributed by atoms with Crippen molar-refractivity contribution in [2.45, 2.75) is 32.7 Å². The Balaban J connectivity index is 2.95. The van der Waals surface area contributed by atoms with Crippen molar-refractivity contribution in [1.29, 1.82) is 0 Å². The molecule has 1 aromatic carbocycles. The minimum atomic E-state index is -0.691. The molecule has 0 saturated heterocycles. The van der Waals surface area contributed by atoms with Crippen LogP contribution in [0.5, 0.6) is 5.75 Å². The van der Waals surface area contributed by atoms with E-state index >= 15 is 0 Å². The first-order valence-electron chi connectivity index (χ1n) is 5.74. The number of hydrogen-bond donors (Lipinski definition) is 1.